The van der Waals surface area contributed by atoms with E-state index in [1.807, 2.05) is 0 Å². The molecule has 0 rings (SSSR count). The molecule has 0 atom stereocenters. The molecule has 0 unspecified atom stereocenters. The van der Waals surface area contributed by atoms with Gasteiger partial charge in [0, 0.05) is 83.0 Å². The molecule has 0 aromatic rings. The van der Waals surface area contributed by atoms with Crippen molar-refractivity contribution in [1.29, 1.82) is 0 Å². The van der Waals surface area contributed by atoms with Gasteiger partial charge in [-0.05, 0) is 0 Å². The summed E-state index contributed by atoms with van der Waals surface area (Å²) < 4.78 is 0. The Labute approximate surface area is 81.7 Å². The van der Waals surface area contributed by atoms with E-state index in [1.54, 1.807) is 0 Å². The fraction of sp³-hybridized carbons (Fsp3) is 0. The maximum atomic E-state index is 0. The van der Waals surface area contributed by atoms with E-state index in [2.05, 4.69) is 0 Å². The van der Waals surface area contributed by atoms with Crippen molar-refractivity contribution in [2.24, 2.45) is 0 Å². The predicted octanol–water partition coefficient (Wildman–Crippen LogP) is -0.0100. The molecule has 34 valence electrons. The van der Waals surface area contributed by atoms with Crippen molar-refractivity contribution in [2.75, 3.05) is 0 Å². The third-order valence-electron chi connectivity index (χ3n) is 0. The van der Waals surface area contributed by atoms with Crippen molar-refractivity contribution in [3.63, 3.8) is 0 Å². The fourth-order valence-electron chi connectivity index (χ4n) is 0. The van der Waals surface area contributed by atoms with Crippen LogP contribution in [0.25, 0.3) is 0 Å². The molecule has 0 nitrogen and oxygen atoms in total. The Morgan fingerprint density at radius 2 is 0.500 bits per heavy atom. The first-order valence-electron chi connectivity index (χ1n) is 0. The van der Waals surface area contributed by atoms with Crippen molar-refractivity contribution in [1.82, 2.24) is 0 Å². The van der Waals surface area contributed by atoms with Crippen LogP contribution in [0.15, 0.2) is 0 Å². The van der Waals surface area contributed by atoms with E-state index >= 15 is 0 Å². The number of hydrogen-bond acceptors (Lipinski definition) is 0. The van der Waals surface area contributed by atoms with Gasteiger partial charge < -0.3 is 0 Å². The first-order valence-corrected chi connectivity index (χ1v) is 0. The maximum absolute atomic E-state index is 0. The van der Waals surface area contributed by atoms with Crippen LogP contribution in [0, 0.1) is 0 Å². The molecule has 0 bridgehead atoms. The third-order valence-corrected chi connectivity index (χ3v) is 0. The molecule has 0 aliphatic carbocycles. The molecule has 0 N–H and O–H groups in total. The van der Waals surface area contributed by atoms with Crippen molar-refractivity contribution >= 4 is 0 Å². The Kier molecular flexibility index (Phi) is 129. The van der Waals surface area contributed by atoms with Crippen molar-refractivity contribution in [3.05, 3.63) is 0 Å². The maximum Gasteiger partial charge on any atom is 0 e. The van der Waals surface area contributed by atoms with Gasteiger partial charge in [-0.25, -0.2) is 0 Å². The van der Waals surface area contributed by atoms with E-state index in [0.29, 0.717) is 0 Å². The monoisotopic (exact) mass is 366 g/mol. The Hall–Kier alpha value is 2.70. The Balaban J connectivity index is 0. The van der Waals surface area contributed by atoms with Gasteiger partial charge in [-0.15, -0.1) is 0 Å². The fourth-order valence-corrected chi connectivity index (χ4v) is 0. The van der Waals surface area contributed by atoms with Gasteiger partial charge in [0.25, 0.3) is 0 Å². The van der Waals surface area contributed by atoms with Crippen LogP contribution in [-0.2, 0) is 83.0 Å². The van der Waals surface area contributed by atoms with Crippen molar-refractivity contribution < 1.29 is 83.0 Å². The molecule has 0 saturated carbocycles. The van der Waals surface area contributed by atoms with Gasteiger partial charge in [0.1, 0.15) is 0 Å². The van der Waals surface area contributed by atoms with Gasteiger partial charge in [-0.2, -0.15) is 0 Å². The molecule has 0 radical (unpaired) electrons. The quantitative estimate of drug-likeness (QED) is 0.529. The number of rotatable bonds is 0. The minimum atomic E-state index is 0. The molecule has 0 amide bonds. The van der Waals surface area contributed by atoms with Crippen molar-refractivity contribution in [2.45, 2.75) is 0 Å². The van der Waals surface area contributed by atoms with Gasteiger partial charge in [-0.3, -0.25) is 0 Å². The van der Waals surface area contributed by atoms with Crippen LogP contribution >= 0.6 is 0 Å². The van der Waals surface area contributed by atoms with E-state index in [9.17, 15) is 0 Å². The van der Waals surface area contributed by atoms with Gasteiger partial charge in [0.15, 0.2) is 0 Å². The summed E-state index contributed by atoms with van der Waals surface area (Å²) in [6.07, 6.45) is 0. The summed E-state index contributed by atoms with van der Waals surface area (Å²) >= 11 is 0. The van der Waals surface area contributed by atoms with E-state index in [0.717, 1.165) is 0 Å². The van der Waals surface area contributed by atoms with Gasteiger partial charge in [-0.1, -0.05) is 0 Å². The topological polar surface area (TPSA) is 0 Å². The van der Waals surface area contributed by atoms with E-state index in [1.165, 1.54) is 0 Å². The number of hydrogen-bond donors (Lipinski definition) is 0. The second kappa shape index (κ2) is 17.3. The largest absolute Gasteiger partial charge is 0 e. The molecule has 0 aliphatic heterocycles. The third kappa shape index (κ3) is 8.83. The average molecular weight is 367 g/mol. The molecular formula is Pd3Ti. The Morgan fingerprint density at radius 3 is 0.500 bits per heavy atom. The van der Waals surface area contributed by atoms with Crippen LogP contribution in [0.2, 0.25) is 0 Å². The van der Waals surface area contributed by atoms with Gasteiger partial charge in [0.05, 0.1) is 0 Å². The zero-order chi connectivity index (χ0) is 0. The Morgan fingerprint density at radius 1 is 0.500 bits per heavy atom. The minimum Gasteiger partial charge on any atom is 0 e. The zero-order valence-corrected chi connectivity index (χ0v) is 7.67. The summed E-state index contributed by atoms with van der Waals surface area (Å²) in [5.74, 6) is 0. The standard InChI is InChI=1S/3Pd.Ti. The van der Waals surface area contributed by atoms with Gasteiger partial charge in [0.2, 0.25) is 0 Å². The Bertz CT molecular complexity index is 3.25. The molecular weight excluding hydrogens is 367 g/mol. The van der Waals surface area contributed by atoms with E-state index in [-0.39, 0.29) is 83.0 Å². The molecule has 0 aromatic heterocycles. The molecule has 0 heterocycles. The molecule has 0 saturated heterocycles. The van der Waals surface area contributed by atoms with Crippen molar-refractivity contribution in [3.8, 4) is 0 Å². The normalized spacial score (nSPS) is 0. The second-order valence-corrected chi connectivity index (χ2v) is 0. The van der Waals surface area contributed by atoms with Crippen LogP contribution in [0.5, 0.6) is 0 Å². The van der Waals surface area contributed by atoms with Crippen LogP contribution in [-0.4, -0.2) is 0 Å². The summed E-state index contributed by atoms with van der Waals surface area (Å²) in [7, 11) is 0. The summed E-state index contributed by atoms with van der Waals surface area (Å²) in [5.41, 5.74) is 0. The summed E-state index contributed by atoms with van der Waals surface area (Å²) in [4.78, 5) is 0. The molecule has 4 heavy (non-hydrogen) atoms. The molecule has 0 fully saturated rings. The second-order valence-electron chi connectivity index (χ2n) is 0. The summed E-state index contributed by atoms with van der Waals surface area (Å²) in [6.45, 7) is 0. The molecule has 0 aromatic carbocycles. The van der Waals surface area contributed by atoms with Gasteiger partial charge >= 0.3 is 0 Å². The first kappa shape index (κ1) is 29.9. The zero-order valence-electron chi connectivity index (χ0n) is 1.45. The summed E-state index contributed by atoms with van der Waals surface area (Å²) in [5, 5.41) is 0. The van der Waals surface area contributed by atoms with Crippen LogP contribution in [0.4, 0.5) is 0 Å². The molecule has 4 heteroatoms. The van der Waals surface area contributed by atoms with E-state index in [4.69, 9.17) is 0 Å². The van der Waals surface area contributed by atoms with E-state index < -0.39 is 0 Å². The minimum absolute atomic E-state index is 0. The van der Waals surface area contributed by atoms with Crippen LogP contribution in [0.3, 0.4) is 0 Å². The average Bonchev–Trinajstić information content (AvgIpc) is 0. The first-order chi connectivity index (χ1) is 0. The van der Waals surface area contributed by atoms with Crippen LogP contribution < -0.4 is 0 Å². The molecule has 0 spiro atoms. The summed E-state index contributed by atoms with van der Waals surface area (Å²) in [6, 6.07) is 0. The molecule has 0 aliphatic rings. The SMILES string of the molecule is [Pd].[Pd].[Pd].[Ti]. The van der Waals surface area contributed by atoms with Crippen LogP contribution in [0.1, 0.15) is 0 Å². The predicted molar refractivity (Wildman–Crippen MR) is 0 cm³/mol. The smallest absolute Gasteiger partial charge is 0 e.